The first-order valence-corrected chi connectivity index (χ1v) is 10.3. The monoisotopic (exact) mass is 432 g/mol. The average Bonchev–Trinajstić information content (AvgIpc) is 2.80. The zero-order valence-electron chi connectivity index (χ0n) is 18.0. The Morgan fingerprint density at radius 2 is 2.12 bits per heavy atom. The minimum absolute atomic E-state index is 0.0195. The Hall–Kier alpha value is -3.85. The van der Waals surface area contributed by atoms with Crippen molar-refractivity contribution in [3.63, 3.8) is 0 Å². The minimum atomic E-state index is -0.415. The summed E-state index contributed by atoms with van der Waals surface area (Å²) in [5, 5.41) is 11.8. The topological polar surface area (TPSA) is 114 Å². The first-order chi connectivity index (χ1) is 15.5. The molecule has 0 saturated heterocycles. The van der Waals surface area contributed by atoms with E-state index in [1.807, 2.05) is 19.1 Å². The number of aryl methyl sites for hydroxylation is 1. The molecule has 0 aliphatic rings. The van der Waals surface area contributed by atoms with Gasteiger partial charge in [-0.15, -0.1) is 0 Å². The normalized spacial score (nSPS) is 11.2. The van der Waals surface area contributed by atoms with Gasteiger partial charge in [0.25, 0.3) is 11.5 Å². The highest BCUT2D eigenvalue weighted by Gasteiger charge is 2.17. The van der Waals surface area contributed by atoms with E-state index in [-0.39, 0.29) is 28.5 Å². The number of carbonyl (C=O) groups is 1. The van der Waals surface area contributed by atoms with Crippen LogP contribution in [-0.4, -0.2) is 45.1 Å². The molecule has 32 heavy (non-hydrogen) atoms. The summed E-state index contributed by atoms with van der Waals surface area (Å²) in [5.41, 5.74) is 2.38. The molecule has 9 nitrogen and oxygen atoms in total. The second-order valence-electron chi connectivity index (χ2n) is 7.55. The van der Waals surface area contributed by atoms with E-state index < -0.39 is 5.91 Å². The maximum absolute atomic E-state index is 13.3. The molecular weight excluding hydrogens is 408 g/mol. The molecule has 0 unspecified atom stereocenters. The molecule has 4 heterocycles. The number of hydrogen-bond acceptors (Lipinski definition) is 6. The molecule has 0 spiro atoms. The fourth-order valence-corrected chi connectivity index (χ4v) is 3.56. The lowest BCUT2D eigenvalue weighted by molar-refractivity contribution is 0.0946. The van der Waals surface area contributed by atoms with Crippen LogP contribution >= 0.6 is 0 Å². The maximum Gasteiger partial charge on any atom is 0.267 e. The van der Waals surface area contributed by atoms with Gasteiger partial charge in [-0.3, -0.25) is 24.4 Å². The molecule has 164 valence electrons. The van der Waals surface area contributed by atoms with E-state index in [1.165, 1.54) is 10.5 Å². The summed E-state index contributed by atoms with van der Waals surface area (Å²) in [7, 11) is 1.60. The number of pyridine rings is 3. The second kappa shape index (κ2) is 9.11. The standard InChI is InChI=1S/C23H24N6O3/c1-15-6-7-19-27-21-18(23(31)28(19)13-15)11-17(22(30)26-9-4-10-32-2)20(24)29(21)14-16-5-3-8-25-12-16/h3,5-8,11-13,24H,4,9-10,14H2,1-2H3,(H,26,30). The summed E-state index contributed by atoms with van der Waals surface area (Å²) in [6.07, 6.45) is 5.72. The van der Waals surface area contributed by atoms with Crippen LogP contribution in [-0.2, 0) is 11.3 Å². The third-order valence-corrected chi connectivity index (χ3v) is 5.17. The van der Waals surface area contributed by atoms with Crippen LogP contribution in [0.15, 0.2) is 53.7 Å². The molecule has 4 aromatic rings. The smallest absolute Gasteiger partial charge is 0.267 e. The molecule has 0 aromatic carbocycles. The third kappa shape index (κ3) is 4.15. The fraction of sp³-hybridized carbons (Fsp3) is 0.261. The van der Waals surface area contributed by atoms with Gasteiger partial charge in [-0.05, 0) is 42.7 Å². The van der Waals surface area contributed by atoms with Gasteiger partial charge < -0.3 is 14.6 Å². The van der Waals surface area contributed by atoms with Crippen molar-refractivity contribution in [2.75, 3.05) is 20.3 Å². The second-order valence-corrected chi connectivity index (χ2v) is 7.55. The number of hydrogen-bond donors (Lipinski definition) is 2. The van der Waals surface area contributed by atoms with Crippen molar-refractivity contribution >= 4 is 22.6 Å². The lowest BCUT2D eigenvalue weighted by Gasteiger charge is -2.15. The average molecular weight is 432 g/mol. The van der Waals surface area contributed by atoms with Crippen molar-refractivity contribution in [1.29, 1.82) is 5.41 Å². The molecule has 2 N–H and O–H groups in total. The number of aromatic nitrogens is 4. The van der Waals surface area contributed by atoms with Crippen LogP contribution in [0.25, 0.3) is 16.7 Å². The number of rotatable bonds is 7. The van der Waals surface area contributed by atoms with Crippen molar-refractivity contribution in [3.05, 3.63) is 81.5 Å². The van der Waals surface area contributed by atoms with E-state index in [0.29, 0.717) is 30.9 Å². The number of carbonyl (C=O) groups excluding carboxylic acids is 1. The molecule has 0 bridgehead atoms. The summed E-state index contributed by atoms with van der Waals surface area (Å²) in [6.45, 7) is 3.07. The molecule has 0 atom stereocenters. The number of ether oxygens (including phenoxy) is 1. The van der Waals surface area contributed by atoms with Gasteiger partial charge in [0.2, 0.25) is 0 Å². The SMILES string of the molecule is COCCCNC(=O)c1cc2c(=O)n3cc(C)ccc3nc2n(Cc2cccnc2)c1=N. The summed E-state index contributed by atoms with van der Waals surface area (Å²) >= 11 is 0. The van der Waals surface area contributed by atoms with Crippen molar-refractivity contribution in [2.24, 2.45) is 0 Å². The number of fused-ring (bicyclic) bond motifs is 2. The van der Waals surface area contributed by atoms with Crippen LogP contribution in [0.3, 0.4) is 0 Å². The van der Waals surface area contributed by atoms with E-state index in [2.05, 4.69) is 15.3 Å². The Kier molecular flexibility index (Phi) is 6.09. The lowest BCUT2D eigenvalue weighted by atomic mass is 10.1. The van der Waals surface area contributed by atoms with Gasteiger partial charge in [-0.25, -0.2) is 4.98 Å². The van der Waals surface area contributed by atoms with Crippen molar-refractivity contribution in [1.82, 2.24) is 24.3 Å². The highest BCUT2D eigenvalue weighted by Crippen LogP contribution is 2.13. The molecular formula is C23H24N6O3. The van der Waals surface area contributed by atoms with Gasteiger partial charge in [0.1, 0.15) is 16.8 Å². The molecule has 4 aromatic heterocycles. The molecule has 9 heteroatoms. The number of amides is 1. The molecule has 4 rings (SSSR count). The van der Waals surface area contributed by atoms with E-state index >= 15 is 0 Å². The third-order valence-electron chi connectivity index (χ3n) is 5.17. The zero-order chi connectivity index (χ0) is 22.7. The van der Waals surface area contributed by atoms with E-state index in [0.717, 1.165) is 11.1 Å². The summed E-state index contributed by atoms with van der Waals surface area (Å²) in [6, 6.07) is 8.79. The van der Waals surface area contributed by atoms with Crippen LogP contribution < -0.4 is 16.4 Å². The Morgan fingerprint density at radius 3 is 2.88 bits per heavy atom. The Bertz CT molecular complexity index is 1410. The van der Waals surface area contributed by atoms with Crippen LogP contribution in [0.4, 0.5) is 0 Å². The van der Waals surface area contributed by atoms with E-state index in [9.17, 15) is 9.59 Å². The number of nitrogens with zero attached hydrogens (tertiary/aromatic N) is 4. The number of nitrogens with one attached hydrogen (secondary N) is 2. The van der Waals surface area contributed by atoms with Crippen LogP contribution in [0.2, 0.25) is 0 Å². The van der Waals surface area contributed by atoms with Crippen LogP contribution in [0.5, 0.6) is 0 Å². The summed E-state index contributed by atoms with van der Waals surface area (Å²) in [4.78, 5) is 35.0. The first-order valence-electron chi connectivity index (χ1n) is 10.3. The highest BCUT2D eigenvalue weighted by atomic mass is 16.5. The highest BCUT2D eigenvalue weighted by molar-refractivity contribution is 5.96. The Labute approximate surface area is 183 Å². The molecule has 0 saturated carbocycles. The van der Waals surface area contributed by atoms with Crippen molar-refractivity contribution in [2.45, 2.75) is 19.9 Å². The molecule has 1 amide bonds. The largest absolute Gasteiger partial charge is 0.385 e. The Morgan fingerprint density at radius 1 is 1.28 bits per heavy atom. The van der Waals surface area contributed by atoms with Gasteiger partial charge in [-0.1, -0.05) is 12.1 Å². The Balaban J connectivity index is 1.92. The summed E-state index contributed by atoms with van der Waals surface area (Å²) < 4.78 is 8.06. The minimum Gasteiger partial charge on any atom is -0.385 e. The maximum atomic E-state index is 13.3. The predicted molar refractivity (Wildman–Crippen MR) is 120 cm³/mol. The van der Waals surface area contributed by atoms with Crippen molar-refractivity contribution in [3.8, 4) is 0 Å². The predicted octanol–water partition coefficient (Wildman–Crippen LogP) is 1.65. The zero-order valence-corrected chi connectivity index (χ0v) is 18.0. The van der Waals surface area contributed by atoms with Gasteiger partial charge in [0.15, 0.2) is 0 Å². The molecule has 0 fully saturated rings. The fourth-order valence-electron chi connectivity index (χ4n) is 3.56. The van der Waals surface area contributed by atoms with Gasteiger partial charge in [-0.2, -0.15) is 0 Å². The van der Waals surface area contributed by atoms with E-state index in [1.54, 1.807) is 42.4 Å². The quantitative estimate of drug-likeness (QED) is 0.340. The molecule has 0 radical (unpaired) electrons. The van der Waals surface area contributed by atoms with E-state index in [4.69, 9.17) is 10.1 Å². The summed E-state index contributed by atoms with van der Waals surface area (Å²) in [5.74, 6) is -0.415. The van der Waals surface area contributed by atoms with Crippen LogP contribution in [0, 0.1) is 12.3 Å². The van der Waals surface area contributed by atoms with Gasteiger partial charge >= 0.3 is 0 Å². The molecule has 0 aliphatic carbocycles. The first kappa shape index (κ1) is 21.4. The van der Waals surface area contributed by atoms with Gasteiger partial charge in [0.05, 0.1) is 17.5 Å². The van der Waals surface area contributed by atoms with Crippen molar-refractivity contribution < 1.29 is 9.53 Å². The van der Waals surface area contributed by atoms with Crippen LogP contribution in [0.1, 0.15) is 27.9 Å². The molecule has 0 aliphatic heterocycles. The van der Waals surface area contributed by atoms with Gasteiger partial charge in [0, 0.05) is 38.9 Å². The number of methoxy groups -OCH3 is 1. The lowest BCUT2D eigenvalue weighted by Crippen LogP contribution is -2.35.